The summed E-state index contributed by atoms with van der Waals surface area (Å²) in [4.78, 5) is 8.83. The molecule has 166 valence electrons. The summed E-state index contributed by atoms with van der Waals surface area (Å²) in [5.41, 5.74) is 2.93. The van der Waals surface area contributed by atoms with Crippen LogP contribution >= 0.6 is 0 Å². The number of ether oxygens (including phenoxy) is 1. The second-order valence-electron chi connectivity index (χ2n) is 7.33. The molecule has 0 bridgehead atoms. The highest BCUT2D eigenvalue weighted by Crippen LogP contribution is 2.21. The van der Waals surface area contributed by atoms with Gasteiger partial charge in [-0.1, -0.05) is 6.07 Å². The van der Waals surface area contributed by atoms with Gasteiger partial charge in [0, 0.05) is 31.3 Å². The zero-order valence-corrected chi connectivity index (χ0v) is 18.0. The molecule has 1 aromatic carbocycles. The number of aromatic nitrogens is 8. The van der Waals surface area contributed by atoms with E-state index in [9.17, 15) is 4.39 Å². The zero-order valence-electron chi connectivity index (χ0n) is 18.0. The summed E-state index contributed by atoms with van der Waals surface area (Å²) in [6.07, 6.45) is 6.24. The Kier molecular flexibility index (Phi) is 5.35. The molecular weight excluding hydrogens is 425 g/mol. The summed E-state index contributed by atoms with van der Waals surface area (Å²) >= 11 is 0. The second-order valence-corrected chi connectivity index (χ2v) is 7.33. The summed E-state index contributed by atoms with van der Waals surface area (Å²) in [5, 5.41) is 20.3. The van der Waals surface area contributed by atoms with Crippen LogP contribution in [0.1, 0.15) is 11.4 Å². The van der Waals surface area contributed by atoms with E-state index in [-0.39, 0.29) is 11.6 Å². The van der Waals surface area contributed by atoms with E-state index in [1.807, 2.05) is 25.2 Å². The van der Waals surface area contributed by atoms with Gasteiger partial charge in [-0.05, 0) is 36.2 Å². The molecule has 0 spiro atoms. The first-order valence-electron chi connectivity index (χ1n) is 10.2. The van der Waals surface area contributed by atoms with Crippen molar-refractivity contribution in [1.82, 2.24) is 39.6 Å². The Bertz CT molecular complexity index is 1430. The highest BCUT2D eigenvalue weighted by Gasteiger charge is 2.11. The Morgan fingerprint density at radius 1 is 1.03 bits per heavy atom. The van der Waals surface area contributed by atoms with Gasteiger partial charge in [-0.15, -0.1) is 10.2 Å². The highest BCUT2D eigenvalue weighted by molar-refractivity contribution is 5.64. The number of rotatable bonds is 7. The van der Waals surface area contributed by atoms with Crippen LogP contribution in [0.4, 0.5) is 16.2 Å². The number of methoxy groups -OCH3 is 1. The van der Waals surface area contributed by atoms with Crippen LogP contribution in [0.25, 0.3) is 16.9 Å². The van der Waals surface area contributed by atoms with Crippen molar-refractivity contribution in [1.29, 1.82) is 0 Å². The minimum absolute atomic E-state index is 0.226. The van der Waals surface area contributed by atoms with Gasteiger partial charge in [0.2, 0.25) is 5.95 Å². The molecule has 0 radical (unpaired) electrons. The molecule has 5 aromatic rings. The molecule has 0 saturated carbocycles. The molecule has 4 aromatic heterocycles. The van der Waals surface area contributed by atoms with E-state index in [4.69, 9.17) is 4.74 Å². The first kappa shape index (κ1) is 20.5. The van der Waals surface area contributed by atoms with Crippen LogP contribution in [0, 0.1) is 5.82 Å². The average molecular weight is 445 g/mol. The first-order valence-corrected chi connectivity index (χ1v) is 10.2. The third-order valence-corrected chi connectivity index (χ3v) is 5.19. The number of nitrogens with one attached hydrogen (secondary N) is 1. The summed E-state index contributed by atoms with van der Waals surface area (Å²) in [7, 11) is 3.28. The predicted molar refractivity (Wildman–Crippen MR) is 119 cm³/mol. The van der Waals surface area contributed by atoms with Crippen LogP contribution in [-0.4, -0.2) is 46.7 Å². The van der Waals surface area contributed by atoms with E-state index in [0.717, 1.165) is 16.9 Å². The molecule has 10 nitrogen and oxygen atoms in total. The lowest BCUT2D eigenvalue weighted by Gasteiger charge is -2.07. The number of hydrogen-bond acceptors (Lipinski definition) is 8. The van der Waals surface area contributed by atoms with Crippen LogP contribution in [0.5, 0.6) is 5.75 Å². The van der Waals surface area contributed by atoms with Crippen LogP contribution in [0.15, 0.2) is 55.0 Å². The molecule has 5 rings (SSSR count). The number of nitrogens with zero attached hydrogens (tertiary/aromatic N) is 8. The van der Waals surface area contributed by atoms with Gasteiger partial charge in [-0.3, -0.25) is 4.68 Å². The van der Waals surface area contributed by atoms with Crippen LogP contribution in [-0.2, 0) is 19.9 Å². The van der Waals surface area contributed by atoms with Gasteiger partial charge in [-0.2, -0.15) is 14.7 Å². The van der Waals surface area contributed by atoms with Gasteiger partial charge in [0.15, 0.2) is 23.0 Å². The van der Waals surface area contributed by atoms with E-state index in [1.165, 1.54) is 13.2 Å². The van der Waals surface area contributed by atoms with E-state index < -0.39 is 0 Å². The lowest BCUT2D eigenvalue weighted by atomic mass is 10.1. The quantitative estimate of drug-likeness (QED) is 0.407. The standard InChI is InChI=1S/C22H20FN9O/c1-31-19(8-10-25-31)28-22-24-9-7-17(27-22)15-12-21-30-29-20(32(21)26-13-15)6-4-14-3-5-18(33-2)16(23)11-14/h3,5,7-13H,4,6H2,1-2H3,(H,24,27,28). The lowest BCUT2D eigenvalue weighted by molar-refractivity contribution is 0.386. The number of benzene rings is 1. The molecule has 0 aliphatic heterocycles. The van der Waals surface area contributed by atoms with Crippen LogP contribution in [0.2, 0.25) is 0 Å². The monoisotopic (exact) mass is 445 g/mol. The normalized spacial score (nSPS) is 11.1. The summed E-state index contributed by atoms with van der Waals surface area (Å²) in [6.45, 7) is 0. The number of anilines is 2. The van der Waals surface area contributed by atoms with Crippen LogP contribution < -0.4 is 10.1 Å². The molecule has 0 aliphatic rings. The predicted octanol–water partition coefficient (Wildman–Crippen LogP) is 2.99. The molecule has 33 heavy (non-hydrogen) atoms. The summed E-state index contributed by atoms with van der Waals surface area (Å²) in [6, 6.07) is 10.4. The fraction of sp³-hybridized carbons (Fsp3) is 0.182. The Morgan fingerprint density at radius 2 is 1.94 bits per heavy atom. The largest absolute Gasteiger partial charge is 0.494 e. The van der Waals surface area contributed by atoms with Crippen molar-refractivity contribution in [2.45, 2.75) is 12.8 Å². The highest BCUT2D eigenvalue weighted by atomic mass is 19.1. The minimum Gasteiger partial charge on any atom is -0.494 e. The fourth-order valence-corrected chi connectivity index (χ4v) is 3.45. The Labute approximate surface area is 188 Å². The van der Waals surface area contributed by atoms with Crippen molar-refractivity contribution in [3.05, 3.63) is 72.2 Å². The van der Waals surface area contributed by atoms with Crippen LogP contribution in [0.3, 0.4) is 0 Å². The molecule has 11 heteroatoms. The molecular formula is C22H20FN9O. The number of hydrogen-bond donors (Lipinski definition) is 1. The molecule has 0 aliphatic carbocycles. The van der Waals surface area contributed by atoms with E-state index in [1.54, 1.807) is 39.9 Å². The first-order chi connectivity index (χ1) is 16.1. The van der Waals surface area contributed by atoms with E-state index >= 15 is 0 Å². The Morgan fingerprint density at radius 3 is 2.73 bits per heavy atom. The van der Waals surface area contributed by atoms with Gasteiger partial charge in [0.05, 0.1) is 25.2 Å². The average Bonchev–Trinajstić information content (AvgIpc) is 3.43. The van der Waals surface area contributed by atoms with Gasteiger partial charge >= 0.3 is 0 Å². The Hall–Kier alpha value is -4.41. The minimum atomic E-state index is -0.383. The van der Waals surface area contributed by atoms with Gasteiger partial charge < -0.3 is 10.1 Å². The molecule has 0 fully saturated rings. The molecule has 0 atom stereocenters. The molecule has 0 unspecified atom stereocenters. The number of aryl methyl sites for hydroxylation is 3. The summed E-state index contributed by atoms with van der Waals surface area (Å²) in [5.74, 6) is 1.76. The Balaban J connectivity index is 1.34. The van der Waals surface area contributed by atoms with E-state index in [0.29, 0.717) is 36.0 Å². The molecule has 1 N–H and O–H groups in total. The third kappa shape index (κ3) is 4.20. The smallest absolute Gasteiger partial charge is 0.228 e. The second kappa shape index (κ2) is 8.61. The maximum atomic E-state index is 13.9. The van der Waals surface area contributed by atoms with Crippen molar-refractivity contribution in [3.8, 4) is 17.0 Å². The summed E-state index contributed by atoms with van der Waals surface area (Å²) < 4.78 is 22.3. The SMILES string of the molecule is COc1ccc(CCc2nnc3cc(-c4ccnc(Nc5ccnn5C)n4)cnn23)cc1F. The maximum absolute atomic E-state index is 13.9. The topological polar surface area (TPSA) is 108 Å². The van der Waals surface area contributed by atoms with Gasteiger partial charge in [-0.25, -0.2) is 14.4 Å². The molecule has 0 amide bonds. The third-order valence-electron chi connectivity index (χ3n) is 5.19. The van der Waals surface area contributed by atoms with Gasteiger partial charge in [0.1, 0.15) is 5.82 Å². The molecule has 0 saturated heterocycles. The van der Waals surface area contributed by atoms with Crippen molar-refractivity contribution < 1.29 is 9.13 Å². The maximum Gasteiger partial charge on any atom is 0.228 e. The van der Waals surface area contributed by atoms with Crippen molar-refractivity contribution in [2.75, 3.05) is 12.4 Å². The van der Waals surface area contributed by atoms with Crippen molar-refractivity contribution in [2.24, 2.45) is 7.05 Å². The number of halogens is 1. The van der Waals surface area contributed by atoms with Gasteiger partial charge in [0.25, 0.3) is 0 Å². The molecule has 4 heterocycles. The lowest BCUT2D eigenvalue weighted by Crippen LogP contribution is -2.04. The zero-order chi connectivity index (χ0) is 22.8. The number of fused-ring (bicyclic) bond motifs is 1. The fourth-order valence-electron chi connectivity index (χ4n) is 3.45. The van der Waals surface area contributed by atoms with Crippen molar-refractivity contribution in [3.63, 3.8) is 0 Å². The van der Waals surface area contributed by atoms with E-state index in [2.05, 4.69) is 35.7 Å². The van der Waals surface area contributed by atoms with Crippen molar-refractivity contribution >= 4 is 17.4 Å².